The SMILES string of the molecule is O=C(COc1ccccc1)Nc1ccc(N2CCOCC2)c2nonc12. The summed E-state index contributed by atoms with van der Waals surface area (Å²) < 4.78 is 15.7. The number of amides is 1. The Hall–Kier alpha value is -3.13. The predicted molar refractivity (Wildman–Crippen MR) is 95.4 cm³/mol. The molecule has 0 unspecified atom stereocenters. The van der Waals surface area contributed by atoms with Crippen LogP contribution in [-0.2, 0) is 9.53 Å². The smallest absolute Gasteiger partial charge is 0.262 e. The van der Waals surface area contributed by atoms with Crippen LogP contribution in [-0.4, -0.2) is 49.1 Å². The van der Waals surface area contributed by atoms with Crippen LogP contribution in [0.1, 0.15) is 0 Å². The van der Waals surface area contributed by atoms with E-state index in [0.29, 0.717) is 35.7 Å². The van der Waals surface area contributed by atoms with Crippen molar-refractivity contribution >= 4 is 28.3 Å². The number of hydrogen-bond donors (Lipinski definition) is 1. The van der Waals surface area contributed by atoms with E-state index in [1.54, 1.807) is 18.2 Å². The highest BCUT2D eigenvalue weighted by Gasteiger charge is 2.19. The van der Waals surface area contributed by atoms with Crippen molar-refractivity contribution in [1.82, 2.24) is 10.3 Å². The number of fused-ring (bicyclic) bond motifs is 1. The van der Waals surface area contributed by atoms with Crippen molar-refractivity contribution in [3.8, 4) is 5.75 Å². The largest absolute Gasteiger partial charge is 0.484 e. The van der Waals surface area contributed by atoms with Crippen LogP contribution in [0.5, 0.6) is 5.75 Å². The van der Waals surface area contributed by atoms with E-state index in [1.165, 1.54) is 0 Å². The highest BCUT2D eigenvalue weighted by molar-refractivity contribution is 6.03. The summed E-state index contributed by atoms with van der Waals surface area (Å²) in [6, 6.07) is 12.9. The first kappa shape index (κ1) is 16.3. The van der Waals surface area contributed by atoms with Crippen LogP contribution in [0.15, 0.2) is 47.1 Å². The zero-order valence-electron chi connectivity index (χ0n) is 14.1. The first-order valence-corrected chi connectivity index (χ1v) is 8.37. The second-order valence-electron chi connectivity index (χ2n) is 5.84. The Labute approximate surface area is 149 Å². The molecule has 2 aromatic carbocycles. The van der Waals surface area contributed by atoms with Gasteiger partial charge in [0.2, 0.25) is 0 Å². The Balaban J connectivity index is 1.48. The maximum atomic E-state index is 12.2. The third kappa shape index (κ3) is 3.45. The maximum absolute atomic E-state index is 12.2. The fraction of sp³-hybridized carbons (Fsp3) is 0.278. The summed E-state index contributed by atoms with van der Waals surface area (Å²) in [6.07, 6.45) is 0. The molecule has 8 heteroatoms. The number of aromatic nitrogens is 2. The van der Waals surface area contributed by atoms with E-state index < -0.39 is 0 Å². The molecular formula is C18H18N4O4. The summed E-state index contributed by atoms with van der Waals surface area (Å²) in [6.45, 7) is 2.79. The zero-order valence-corrected chi connectivity index (χ0v) is 14.1. The fourth-order valence-electron chi connectivity index (χ4n) is 2.87. The van der Waals surface area contributed by atoms with Crippen LogP contribution >= 0.6 is 0 Å². The van der Waals surface area contributed by atoms with Gasteiger partial charge in [0, 0.05) is 13.1 Å². The van der Waals surface area contributed by atoms with Gasteiger partial charge in [0.1, 0.15) is 5.75 Å². The lowest BCUT2D eigenvalue weighted by Crippen LogP contribution is -2.36. The first-order chi connectivity index (χ1) is 12.8. The van der Waals surface area contributed by atoms with Crippen LogP contribution in [0.4, 0.5) is 11.4 Å². The van der Waals surface area contributed by atoms with Gasteiger partial charge in [-0.1, -0.05) is 18.2 Å². The molecule has 4 rings (SSSR count). The lowest BCUT2D eigenvalue weighted by molar-refractivity contribution is -0.118. The first-order valence-electron chi connectivity index (χ1n) is 8.37. The van der Waals surface area contributed by atoms with Crippen molar-refractivity contribution in [3.63, 3.8) is 0 Å². The Bertz CT molecular complexity index is 891. The van der Waals surface area contributed by atoms with E-state index in [4.69, 9.17) is 14.1 Å². The molecule has 0 radical (unpaired) electrons. The summed E-state index contributed by atoms with van der Waals surface area (Å²) in [4.78, 5) is 14.4. The molecule has 0 atom stereocenters. The summed E-state index contributed by atoms with van der Waals surface area (Å²) in [5.41, 5.74) is 2.60. The van der Waals surface area contributed by atoms with E-state index >= 15 is 0 Å². The van der Waals surface area contributed by atoms with Gasteiger partial charge in [-0.05, 0) is 34.6 Å². The van der Waals surface area contributed by atoms with Crippen molar-refractivity contribution in [2.24, 2.45) is 0 Å². The van der Waals surface area contributed by atoms with Crippen LogP contribution in [0, 0.1) is 0 Å². The third-order valence-electron chi connectivity index (χ3n) is 4.13. The molecule has 8 nitrogen and oxygen atoms in total. The Morgan fingerprint density at radius 3 is 2.65 bits per heavy atom. The molecule has 134 valence electrons. The molecule has 1 aliphatic rings. The highest BCUT2D eigenvalue weighted by atomic mass is 16.6. The molecule has 1 amide bonds. The van der Waals surface area contributed by atoms with Crippen LogP contribution in [0.25, 0.3) is 11.0 Å². The number of carbonyl (C=O) groups excluding carboxylic acids is 1. The number of ether oxygens (including phenoxy) is 2. The molecule has 0 bridgehead atoms. The number of carbonyl (C=O) groups is 1. The number of anilines is 2. The Morgan fingerprint density at radius 2 is 1.85 bits per heavy atom. The van der Waals surface area contributed by atoms with E-state index in [9.17, 15) is 4.79 Å². The number of rotatable bonds is 5. The summed E-state index contributed by atoms with van der Waals surface area (Å²) in [7, 11) is 0. The lowest BCUT2D eigenvalue weighted by Gasteiger charge is -2.28. The quantitative estimate of drug-likeness (QED) is 0.750. The molecule has 1 N–H and O–H groups in total. The molecule has 0 spiro atoms. The molecule has 0 aliphatic carbocycles. The summed E-state index contributed by atoms with van der Waals surface area (Å²) >= 11 is 0. The molecule has 1 fully saturated rings. The monoisotopic (exact) mass is 354 g/mol. The average Bonchev–Trinajstić information content (AvgIpc) is 3.18. The Morgan fingerprint density at radius 1 is 1.08 bits per heavy atom. The topological polar surface area (TPSA) is 89.7 Å². The van der Waals surface area contributed by atoms with Gasteiger partial charge in [0.25, 0.3) is 5.91 Å². The normalized spacial score (nSPS) is 14.4. The van der Waals surface area contributed by atoms with Gasteiger partial charge < -0.3 is 19.7 Å². The zero-order chi connectivity index (χ0) is 17.8. The van der Waals surface area contributed by atoms with E-state index in [1.807, 2.05) is 24.3 Å². The van der Waals surface area contributed by atoms with E-state index in [0.717, 1.165) is 18.8 Å². The van der Waals surface area contributed by atoms with Crippen molar-refractivity contribution in [1.29, 1.82) is 0 Å². The van der Waals surface area contributed by atoms with Crippen LogP contribution < -0.4 is 15.0 Å². The van der Waals surface area contributed by atoms with Crippen molar-refractivity contribution in [2.45, 2.75) is 0 Å². The molecular weight excluding hydrogens is 336 g/mol. The average molecular weight is 354 g/mol. The van der Waals surface area contributed by atoms with Crippen LogP contribution in [0.2, 0.25) is 0 Å². The molecule has 3 aromatic rings. The molecule has 26 heavy (non-hydrogen) atoms. The standard InChI is InChI=1S/C18H18N4O4/c23-16(12-25-13-4-2-1-3-5-13)19-14-6-7-15(18-17(14)20-26-21-18)22-8-10-24-11-9-22/h1-7H,8-12H2,(H,19,23). The van der Waals surface area contributed by atoms with Gasteiger partial charge in [-0.15, -0.1) is 0 Å². The number of morpholine rings is 1. The highest BCUT2D eigenvalue weighted by Crippen LogP contribution is 2.30. The van der Waals surface area contributed by atoms with Gasteiger partial charge in [-0.2, -0.15) is 0 Å². The number of hydrogen-bond acceptors (Lipinski definition) is 7. The van der Waals surface area contributed by atoms with Gasteiger partial charge >= 0.3 is 0 Å². The molecule has 0 saturated carbocycles. The fourth-order valence-corrected chi connectivity index (χ4v) is 2.87. The second kappa shape index (κ2) is 7.40. The molecule has 2 heterocycles. The van der Waals surface area contributed by atoms with Crippen LogP contribution in [0.3, 0.4) is 0 Å². The van der Waals surface area contributed by atoms with Gasteiger partial charge in [0.05, 0.1) is 24.6 Å². The molecule has 1 aliphatic heterocycles. The molecule has 1 saturated heterocycles. The van der Waals surface area contributed by atoms with Crippen molar-refractivity contribution in [3.05, 3.63) is 42.5 Å². The molecule has 1 aromatic heterocycles. The Kier molecular flexibility index (Phi) is 4.65. The predicted octanol–water partition coefficient (Wildman–Crippen LogP) is 2.08. The number of benzene rings is 2. The second-order valence-corrected chi connectivity index (χ2v) is 5.84. The number of nitrogens with one attached hydrogen (secondary N) is 1. The third-order valence-corrected chi connectivity index (χ3v) is 4.13. The minimum atomic E-state index is -0.280. The summed E-state index contributed by atoms with van der Waals surface area (Å²) in [5.74, 6) is 0.357. The van der Waals surface area contributed by atoms with Crippen molar-refractivity contribution < 1.29 is 18.9 Å². The van der Waals surface area contributed by atoms with Crippen molar-refractivity contribution in [2.75, 3.05) is 43.1 Å². The van der Waals surface area contributed by atoms with Gasteiger partial charge in [0.15, 0.2) is 17.6 Å². The van der Waals surface area contributed by atoms with Gasteiger partial charge in [-0.3, -0.25) is 4.79 Å². The van der Waals surface area contributed by atoms with E-state index in [-0.39, 0.29) is 12.5 Å². The number of para-hydroxylation sites is 1. The summed E-state index contributed by atoms with van der Waals surface area (Å²) in [5, 5.41) is 10.8. The van der Waals surface area contributed by atoms with Gasteiger partial charge in [-0.25, -0.2) is 4.63 Å². The van der Waals surface area contributed by atoms with E-state index in [2.05, 4.69) is 20.5 Å². The lowest BCUT2D eigenvalue weighted by atomic mass is 10.2. The minimum absolute atomic E-state index is 0.0952. The maximum Gasteiger partial charge on any atom is 0.262 e. The number of nitrogens with zero attached hydrogens (tertiary/aromatic N) is 3. The minimum Gasteiger partial charge on any atom is -0.484 e.